The van der Waals surface area contributed by atoms with E-state index >= 15 is 0 Å². The van der Waals surface area contributed by atoms with Crippen LogP contribution in [0.15, 0.2) is 18.2 Å². The van der Waals surface area contributed by atoms with Crippen LogP contribution in [0.3, 0.4) is 0 Å². The summed E-state index contributed by atoms with van der Waals surface area (Å²) in [6.45, 7) is 3.40. The van der Waals surface area contributed by atoms with Gasteiger partial charge in [0, 0.05) is 25.2 Å². The lowest BCUT2D eigenvalue weighted by Gasteiger charge is -2.14. The third-order valence-electron chi connectivity index (χ3n) is 3.49. The molecule has 2 N–H and O–H groups in total. The lowest BCUT2D eigenvalue weighted by molar-refractivity contribution is -0.384. The molecule has 1 aliphatic rings. The molecule has 7 nitrogen and oxygen atoms in total. The van der Waals surface area contributed by atoms with Gasteiger partial charge >= 0.3 is 0 Å². The number of benzene rings is 1. The summed E-state index contributed by atoms with van der Waals surface area (Å²) in [5, 5.41) is 16.8. The molecule has 0 saturated carbocycles. The molecule has 1 aliphatic heterocycles. The van der Waals surface area contributed by atoms with Crippen molar-refractivity contribution in [2.45, 2.75) is 12.8 Å². The zero-order chi connectivity index (χ0) is 15.9. The molecule has 0 aromatic heterocycles. The van der Waals surface area contributed by atoms with Crippen LogP contribution in [0.4, 0.5) is 11.4 Å². The zero-order valence-corrected chi connectivity index (χ0v) is 12.9. The van der Waals surface area contributed by atoms with Crippen LogP contribution in [0, 0.1) is 10.1 Å². The van der Waals surface area contributed by atoms with E-state index < -0.39 is 4.92 Å². The number of nitro groups is 1. The molecule has 0 atom stereocenters. The number of nitro benzene ring substituents is 1. The van der Waals surface area contributed by atoms with Gasteiger partial charge in [-0.05, 0) is 32.0 Å². The first-order valence-electron chi connectivity index (χ1n) is 7.23. The van der Waals surface area contributed by atoms with Gasteiger partial charge < -0.3 is 10.6 Å². The first kappa shape index (κ1) is 16.5. The van der Waals surface area contributed by atoms with Crippen molar-refractivity contribution in [3.63, 3.8) is 0 Å². The standard InChI is InChI=1S/C14H19ClN4O3/c15-12-9-11(19(21)22)3-4-13(12)16-5-6-17-14(20)10-18-7-1-2-8-18/h3-4,9,16H,1-2,5-8,10H2,(H,17,20). The number of nitrogens with zero attached hydrogens (tertiary/aromatic N) is 2. The van der Waals surface area contributed by atoms with Crippen LogP contribution in [-0.4, -0.2) is 48.5 Å². The van der Waals surface area contributed by atoms with Crippen LogP contribution in [0.2, 0.25) is 5.02 Å². The van der Waals surface area contributed by atoms with Gasteiger partial charge in [-0.1, -0.05) is 11.6 Å². The van der Waals surface area contributed by atoms with E-state index in [1.54, 1.807) is 6.07 Å². The fraction of sp³-hybridized carbons (Fsp3) is 0.500. The highest BCUT2D eigenvalue weighted by molar-refractivity contribution is 6.33. The predicted octanol–water partition coefficient (Wildman–Crippen LogP) is 1.87. The summed E-state index contributed by atoms with van der Waals surface area (Å²) < 4.78 is 0. The van der Waals surface area contributed by atoms with Gasteiger partial charge in [-0.3, -0.25) is 19.8 Å². The SMILES string of the molecule is O=C(CN1CCCC1)NCCNc1ccc([N+](=O)[O-])cc1Cl. The van der Waals surface area contributed by atoms with Crippen molar-refractivity contribution in [1.82, 2.24) is 10.2 Å². The molecule has 8 heteroatoms. The van der Waals surface area contributed by atoms with Crippen molar-refractivity contribution in [3.8, 4) is 0 Å². The summed E-state index contributed by atoms with van der Waals surface area (Å²) in [7, 11) is 0. The molecule has 2 rings (SSSR count). The maximum absolute atomic E-state index is 11.7. The van der Waals surface area contributed by atoms with Gasteiger partial charge in [-0.15, -0.1) is 0 Å². The van der Waals surface area contributed by atoms with Gasteiger partial charge in [-0.2, -0.15) is 0 Å². The monoisotopic (exact) mass is 326 g/mol. The molecule has 1 amide bonds. The van der Waals surface area contributed by atoms with Gasteiger partial charge in [0.2, 0.25) is 5.91 Å². The van der Waals surface area contributed by atoms with Crippen LogP contribution in [-0.2, 0) is 4.79 Å². The summed E-state index contributed by atoms with van der Waals surface area (Å²) in [4.78, 5) is 24.0. The average molecular weight is 327 g/mol. The van der Waals surface area contributed by atoms with Crippen molar-refractivity contribution in [1.29, 1.82) is 0 Å². The second-order valence-corrected chi connectivity index (χ2v) is 5.59. The number of halogens is 1. The summed E-state index contributed by atoms with van der Waals surface area (Å²) >= 11 is 5.97. The molecule has 0 unspecified atom stereocenters. The number of carbonyl (C=O) groups is 1. The highest BCUT2D eigenvalue weighted by Crippen LogP contribution is 2.26. The molecule has 0 aliphatic carbocycles. The van der Waals surface area contributed by atoms with Gasteiger partial charge in [-0.25, -0.2) is 0 Å². The van der Waals surface area contributed by atoms with Crippen LogP contribution in [0.25, 0.3) is 0 Å². The predicted molar refractivity (Wildman–Crippen MR) is 85.3 cm³/mol. The lowest BCUT2D eigenvalue weighted by atomic mass is 10.3. The Kier molecular flexibility index (Phi) is 5.97. The third-order valence-corrected chi connectivity index (χ3v) is 3.80. The Morgan fingerprint density at radius 3 is 2.68 bits per heavy atom. The molecule has 0 bridgehead atoms. The van der Waals surface area contributed by atoms with Crippen molar-refractivity contribution in [2.75, 3.05) is 38.0 Å². The first-order chi connectivity index (χ1) is 10.6. The number of carbonyl (C=O) groups excluding carboxylic acids is 1. The van der Waals surface area contributed by atoms with Crippen LogP contribution in [0.1, 0.15) is 12.8 Å². The quantitative estimate of drug-likeness (QED) is 0.454. The van der Waals surface area contributed by atoms with Crippen LogP contribution < -0.4 is 10.6 Å². The zero-order valence-electron chi connectivity index (χ0n) is 12.2. The highest BCUT2D eigenvalue weighted by atomic mass is 35.5. The van der Waals surface area contributed by atoms with Crippen molar-refractivity contribution in [2.24, 2.45) is 0 Å². The number of non-ortho nitro benzene ring substituents is 1. The van der Waals surface area contributed by atoms with Gasteiger partial charge in [0.1, 0.15) is 0 Å². The second kappa shape index (κ2) is 7.95. The number of hydrogen-bond acceptors (Lipinski definition) is 5. The molecular formula is C14H19ClN4O3. The summed E-state index contributed by atoms with van der Waals surface area (Å²) in [6.07, 6.45) is 2.32. The van der Waals surface area contributed by atoms with E-state index in [1.807, 2.05) is 0 Å². The molecule has 1 heterocycles. The van der Waals surface area contributed by atoms with Crippen molar-refractivity contribution < 1.29 is 9.72 Å². The maximum Gasteiger partial charge on any atom is 0.271 e. The van der Waals surface area contributed by atoms with E-state index in [4.69, 9.17) is 11.6 Å². The Morgan fingerprint density at radius 1 is 1.32 bits per heavy atom. The smallest absolute Gasteiger partial charge is 0.271 e. The number of rotatable bonds is 7. The van der Waals surface area contributed by atoms with E-state index in [1.165, 1.54) is 12.1 Å². The van der Waals surface area contributed by atoms with Gasteiger partial charge in [0.25, 0.3) is 5.69 Å². The van der Waals surface area contributed by atoms with Crippen LogP contribution >= 0.6 is 11.6 Å². The van der Waals surface area contributed by atoms with E-state index in [0.29, 0.717) is 25.3 Å². The molecule has 0 radical (unpaired) electrons. The highest BCUT2D eigenvalue weighted by Gasteiger charge is 2.14. The third kappa shape index (κ3) is 4.85. The second-order valence-electron chi connectivity index (χ2n) is 5.18. The number of anilines is 1. The lowest BCUT2D eigenvalue weighted by Crippen LogP contribution is -2.37. The van der Waals surface area contributed by atoms with E-state index in [0.717, 1.165) is 25.9 Å². The Hall–Kier alpha value is -1.86. The average Bonchev–Trinajstić information content (AvgIpc) is 2.97. The molecular weight excluding hydrogens is 308 g/mol. The molecule has 120 valence electrons. The molecule has 1 aromatic carbocycles. The Morgan fingerprint density at radius 2 is 2.05 bits per heavy atom. The minimum absolute atomic E-state index is 0.0125. The van der Waals surface area contributed by atoms with Gasteiger partial charge in [0.05, 0.1) is 22.2 Å². The number of amides is 1. The minimum atomic E-state index is -0.492. The van der Waals surface area contributed by atoms with Gasteiger partial charge in [0.15, 0.2) is 0 Å². The van der Waals surface area contributed by atoms with Crippen molar-refractivity contribution in [3.05, 3.63) is 33.3 Å². The minimum Gasteiger partial charge on any atom is -0.382 e. The normalized spacial score (nSPS) is 14.8. The van der Waals surface area contributed by atoms with E-state index in [-0.39, 0.29) is 16.6 Å². The van der Waals surface area contributed by atoms with E-state index in [2.05, 4.69) is 15.5 Å². The first-order valence-corrected chi connectivity index (χ1v) is 7.61. The Balaban J connectivity index is 1.69. The largest absolute Gasteiger partial charge is 0.382 e. The fourth-order valence-corrected chi connectivity index (χ4v) is 2.60. The molecule has 1 fully saturated rings. The Labute approximate surface area is 133 Å². The maximum atomic E-state index is 11.7. The number of hydrogen-bond donors (Lipinski definition) is 2. The fourth-order valence-electron chi connectivity index (χ4n) is 2.36. The van der Waals surface area contributed by atoms with E-state index in [9.17, 15) is 14.9 Å². The number of nitrogens with one attached hydrogen (secondary N) is 2. The summed E-state index contributed by atoms with van der Waals surface area (Å²) in [5.74, 6) is 0.0125. The summed E-state index contributed by atoms with van der Waals surface area (Å²) in [5.41, 5.74) is 0.565. The molecule has 1 aromatic rings. The summed E-state index contributed by atoms with van der Waals surface area (Å²) in [6, 6.07) is 4.25. The molecule has 0 spiro atoms. The molecule has 1 saturated heterocycles. The topological polar surface area (TPSA) is 87.5 Å². The molecule has 22 heavy (non-hydrogen) atoms. The van der Waals surface area contributed by atoms with Crippen LogP contribution in [0.5, 0.6) is 0 Å². The van der Waals surface area contributed by atoms with Crippen molar-refractivity contribution >= 4 is 28.9 Å². The Bertz CT molecular complexity index is 547. The number of likely N-dealkylation sites (tertiary alicyclic amines) is 1.